The highest BCUT2D eigenvalue weighted by atomic mass is 16.5. The van der Waals surface area contributed by atoms with Gasteiger partial charge in [-0.15, -0.1) is 0 Å². The molecule has 27 heavy (non-hydrogen) atoms. The SMILES string of the molecule is CCC(C)C(NC(=O)c1ccccc1)C(=O)NCc1ccccc1COC. The molecule has 0 aliphatic carbocycles. The molecule has 144 valence electrons. The van der Waals surface area contributed by atoms with E-state index in [1.54, 1.807) is 31.4 Å². The van der Waals surface area contributed by atoms with E-state index in [4.69, 9.17) is 4.74 Å². The van der Waals surface area contributed by atoms with Crippen molar-refractivity contribution in [2.75, 3.05) is 7.11 Å². The van der Waals surface area contributed by atoms with Crippen LogP contribution in [0.5, 0.6) is 0 Å². The zero-order valence-electron chi connectivity index (χ0n) is 16.2. The molecule has 0 heterocycles. The summed E-state index contributed by atoms with van der Waals surface area (Å²) in [7, 11) is 1.65. The second-order valence-electron chi connectivity index (χ2n) is 6.62. The lowest BCUT2D eigenvalue weighted by Crippen LogP contribution is -2.50. The van der Waals surface area contributed by atoms with Gasteiger partial charge in [-0.2, -0.15) is 0 Å². The number of carbonyl (C=O) groups is 2. The molecule has 0 aromatic heterocycles. The minimum Gasteiger partial charge on any atom is -0.380 e. The van der Waals surface area contributed by atoms with E-state index in [9.17, 15) is 9.59 Å². The number of hydrogen-bond acceptors (Lipinski definition) is 3. The van der Waals surface area contributed by atoms with Gasteiger partial charge in [0.15, 0.2) is 0 Å². The molecule has 2 atom stereocenters. The average molecular weight is 368 g/mol. The van der Waals surface area contributed by atoms with Crippen molar-refractivity contribution in [1.82, 2.24) is 10.6 Å². The Morgan fingerprint density at radius 2 is 1.63 bits per heavy atom. The average Bonchev–Trinajstić information content (AvgIpc) is 2.71. The summed E-state index contributed by atoms with van der Waals surface area (Å²) in [5, 5.41) is 5.84. The first kappa shape index (κ1) is 20.6. The van der Waals surface area contributed by atoms with Crippen molar-refractivity contribution in [2.24, 2.45) is 5.92 Å². The van der Waals surface area contributed by atoms with Crippen LogP contribution in [0.2, 0.25) is 0 Å². The van der Waals surface area contributed by atoms with Crippen LogP contribution < -0.4 is 10.6 Å². The molecule has 2 rings (SSSR count). The van der Waals surface area contributed by atoms with Gasteiger partial charge in [0.1, 0.15) is 6.04 Å². The van der Waals surface area contributed by atoms with E-state index in [0.717, 1.165) is 17.5 Å². The van der Waals surface area contributed by atoms with Crippen molar-refractivity contribution in [1.29, 1.82) is 0 Å². The Morgan fingerprint density at radius 1 is 1.00 bits per heavy atom. The summed E-state index contributed by atoms with van der Waals surface area (Å²) >= 11 is 0. The largest absolute Gasteiger partial charge is 0.380 e. The minimum atomic E-state index is -0.586. The fraction of sp³-hybridized carbons (Fsp3) is 0.364. The molecule has 5 nitrogen and oxygen atoms in total. The third-order valence-electron chi connectivity index (χ3n) is 4.69. The zero-order chi connectivity index (χ0) is 19.6. The molecule has 0 saturated carbocycles. The monoisotopic (exact) mass is 368 g/mol. The van der Waals surface area contributed by atoms with Crippen LogP contribution in [0.25, 0.3) is 0 Å². The van der Waals surface area contributed by atoms with Crippen molar-refractivity contribution in [3.05, 3.63) is 71.3 Å². The summed E-state index contributed by atoms with van der Waals surface area (Å²) in [4.78, 5) is 25.3. The van der Waals surface area contributed by atoms with Crippen LogP contribution in [0.3, 0.4) is 0 Å². The molecule has 0 spiro atoms. The van der Waals surface area contributed by atoms with Gasteiger partial charge in [0.2, 0.25) is 5.91 Å². The molecule has 0 radical (unpaired) electrons. The fourth-order valence-electron chi connectivity index (χ4n) is 2.83. The molecule has 0 bridgehead atoms. The molecular weight excluding hydrogens is 340 g/mol. The Morgan fingerprint density at radius 3 is 2.26 bits per heavy atom. The molecule has 2 unspecified atom stereocenters. The molecule has 2 N–H and O–H groups in total. The Hall–Kier alpha value is -2.66. The molecule has 0 aliphatic rings. The second-order valence-corrected chi connectivity index (χ2v) is 6.62. The smallest absolute Gasteiger partial charge is 0.251 e. The van der Waals surface area contributed by atoms with Crippen molar-refractivity contribution in [2.45, 2.75) is 39.5 Å². The zero-order valence-corrected chi connectivity index (χ0v) is 16.2. The number of hydrogen-bond donors (Lipinski definition) is 2. The summed E-state index contributed by atoms with van der Waals surface area (Å²) in [5.74, 6) is -0.399. The number of methoxy groups -OCH3 is 1. The number of ether oxygens (including phenoxy) is 1. The van der Waals surface area contributed by atoms with E-state index < -0.39 is 6.04 Å². The van der Waals surface area contributed by atoms with Crippen LogP contribution in [-0.2, 0) is 22.7 Å². The molecule has 0 saturated heterocycles. The molecule has 2 aromatic carbocycles. The molecular formula is C22H28N2O3. The third-order valence-corrected chi connectivity index (χ3v) is 4.69. The van der Waals surface area contributed by atoms with Crippen molar-refractivity contribution in [3.63, 3.8) is 0 Å². The topological polar surface area (TPSA) is 67.4 Å². The maximum absolute atomic E-state index is 12.8. The van der Waals surface area contributed by atoms with E-state index >= 15 is 0 Å². The van der Waals surface area contributed by atoms with E-state index in [2.05, 4.69) is 10.6 Å². The summed E-state index contributed by atoms with van der Waals surface area (Å²) in [6.07, 6.45) is 0.785. The highest BCUT2D eigenvalue weighted by Crippen LogP contribution is 2.12. The van der Waals surface area contributed by atoms with Gasteiger partial charge in [-0.25, -0.2) is 0 Å². The predicted octanol–water partition coefficient (Wildman–Crippen LogP) is 3.29. The fourth-order valence-corrected chi connectivity index (χ4v) is 2.83. The lowest BCUT2D eigenvalue weighted by atomic mass is 9.97. The Labute approximate surface area is 161 Å². The van der Waals surface area contributed by atoms with Gasteiger partial charge >= 0.3 is 0 Å². The number of rotatable bonds is 9. The first-order chi connectivity index (χ1) is 13.1. The molecule has 0 fully saturated rings. The van der Waals surface area contributed by atoms with Gasteiger partial charge in [0.05, 0.1) is 6.61 Å². The number of nitrogens with one attached hydrogen (secondary N) is 2. The van der Waals surface area contributed by atoms with Gasteiger partial charge in [-0.3, -0.25) is 9.59 Å². The Balaban J connectivity index is 2.06. The number of amides is 2. The quantitative estimate of drug-likeness (QED) is 0.714. The van der Waals surface area contributed by atoms with E-state index in [-0.39, 0.29) is 17.7 Å². The van der Waals surface area contributed by atoms with E-state index in [1.165, 1.54) is 0 Å². The summed E-state index contributed by atoms with van der Waals surface area (Å²) < 4.78 is 5.21. The second kappa shape index (κ2) is 10.5. The van der Waals surface area contributed by atoms with Gasteiger partial charge in [0.25, 0.3) is 5.91 Å². The van der Waals surface area contributed by atoms with Crippen LogP contribution in [0.1, 0.15) is 41.8 Å². The van der Waals surface area contributed by atoms with Gasteiger partial charge in [-0.1, -0.05) is 62.7 Å². The predicted molar refractivity (Wildman–Crippen MR) is 106 cm³/mol. The maximum atomic E-state index is 12.8. The number of carbonyl (C=O) groups excluding carboxylic acids is 2. The maximum Gasteiger partial charge on any atom is 0.251 e. The Bertz CT molecular complexity index is 746. The summed E-state index contributed by atoms with van der Waals surface area (Å²) in [6, 6.07) is 16.2. The normalized spacial score (nSPS) is 12.9. The summed E-state index contributed by atoms with van der Waals surface area (Å²) in [5.41, 5.74) is 2.59. The standard InChI is InChI=1S/C22H28N2O3/c1-4-16(2)20(24-21(25)17-10-6-5-7-11-17)22(26)23-14-18-12-8-9-13-19(18)15-27-3/h5-13,16,20H,4,14-15H2,1-3H3,(H,23,26)(H,24,25). The van der Waals surface area contributed by atoms with Crippen LogP contribution in [0.15, 0.2) is 54.6 Å². The number of benzene rings is 2. The molecule has 2 aromatic rings. The molecule has 2 amide bonds. The summed E-state index contributed by atoms with van der Waals surface area (Å²) in [6.45, 7) is 4.86. The van der Waals surface area contributed by atoms with Crippen molar-refractivity contribution >= 4 is 11.8 Å². The van der Waals surface area contributed by atoms with Crippen LogP contribution in [0, 0.1) is 5.92 Å². The van der Waals surface area contributed by atoms with Crippen LogP contribution in [-0.4, -0.2) is 25.0 Å². The van der Waals surface area contributed by atoms with Gasteiger partial charge in [0, 0.05) is 19.2 Å². The third kappa shape index (κ3) is 5.93. The highest BCUT2D eigenvalue weighted by molar-refractivity contribution is 5.97. The van der Waals surface area contributed by atoms with Gasteiger partial charge < -0.3 is 15.4 Å². The first-order valence-corrected chi connectivity index (χ1v) is 9.26. The van der Waals surface area contributed by atoms with E-state index in [0.29, 0.717) is 18.7 Å². The Kier molecular flexibility index (Phi) is 8.01. The van der Waals surface area contributed by atoms with Crippen LogP contribution >= 0.6 is 0 Å². The van der Waals surface area contributed by atoms with Crippen molar-refractivity contribution in [3.8, 4) is 0 Å². The van der Waals surface area contributed by atoms with E-state index in [1.807, 2.05) is 44.2 Å². The highest BCUT2D eigenvalue weighted by Gasteiger charge is 2.26. The van der Waals surface area contributed by atoms with Crippen LogP contribution in [0.4, 0.5) is 0 Å². The van der Waals surface area contributed by atoms with Crippen molar-refractivity contribution < 1.29 is 14.3 Å². The molecule has 5 heteroatoms. The lowest BCUT2D eigenvalue weighted by molar-refractivity contribution is -0.124. The van der Waals surface area contributed by atoms with Gasteiger partial charge in [-0.05, 0) is 29.2 Å². The molecule has 0 aliphatic heterocycles. The first-order valence-electron chi connectivity index (χ1n) is 9.26. The lowest BCUT2D eigenvalue weighted by Gasteiger charge is -2.24. The minimum absolute atomic E-state index is 0.0203.